The zero-order valence-corrected chi connectivity index (χ0v) is 12.1. The second-order valence-electron chi connectivity index (χ2n) is 4.84. The van der Waals surface area contributed by atoms with Crippen LogP contribution in [0.1, 0.15) is 17.3 Å². The zero-order chi connectivity index (χ0) is 13.9. The Labute approximate surface area is 122 Å². The van der Waals surface area contributed by atoms with Crippen LogP contribution in [0.5, 0.6) is 0 Å². The number of rotatable bonds is 4. The molecule has 2 nitrogen and oxygen atoms in total. The van der Waals surface area contributed by atoms with E-state index in [4.69, 9.17) is 23.2 Å². The number of alkyl halides is 2. The first kappa shape index (κ1) is 14.2. The van der Waals surface area contributed by atoms with Crippen molar-refractivity contribution in [3.05, 3.63) is 48.0 Å². The molecule has 2 aromatic carbocycles. The highest BCUT2D eigenvalue weighted by molar-refractivity contribution is 6.22. The minimum Gasteiger partial charge on any atom is -0.344 e. The quantitative estimate of drug-likeness (QED) is 0.854. The van der Waals surface area contributed by atoms with Gasteiger partial charge < -0.3 is 5.32 Å². The number of fused-ring (bicyclic) bond motifs is 1. The predicted octanol–water partition coefficient (Wildman–Crippen LogP) is 3.81. The second-order valence-corrected chi connectivity index (χ2v) is 5.38. The molecule has 100 valence electrons. The molecule has 1 amide bonds. The first-order valence-corrected chi connectivity index (χ1v) is 7.08. The maximum absolute atomic E-state index is 12.2. The first-order valence-electron chi connectivity index (χ1n) is 6.01. The summed E-state index contributed by atoms with van der Waals surface area (Å²) in [4.78, 5) is 12.2. The van der Waals surface area contributed by atoms with Crippen molar-refractivity contribution in [2.45, 2.75) is 12.5 Å². The third kappa shape index (κ3) is 3.20. The Bertz CT molecular complexity index is 593. The fourth-order valence-electron chi connectivity index (χ4n) is 1.78. The maximum atomic E-state index is 12.2. The summed E-state index contributed by atoms with van der Waals surface area (Å²) in [5.74, 6) is 0.389. The number of hydrogen-bond donors (Lipinski definition) is 1. The Kier molecular flexibility index (Phi) is 4.33. The molecule has 2 aromatic rings. The number of hydrogen-bond acceptors (Lipinski definition) is 1. The number of nitrogens with one attached hydrogen (secondary N) is 1. The van der Waals surface area contributed by atoms with Crippen molar-refractivity contribution >= 4 is 39.9 Å². The van der Waals surface area contributed by atoms with Crippen LogP contribution in [0.25, 0.3) is 10.8 Å². The van der Waals surface area contributed by atoms with Gasteiger partial charge in [0.05, 0.1) is 5.54 Å². The molecule has 0 saturated heterocycles. The Hall–Kier alpha value is -1.25. The maximum Gasteiger partial charge on any atom is 0.251 e. The smallest absolute Gasteiger partial charge is 0.251 e. The lowest BCUT2D eigenvalue weighted by molar-refractivity contribution is 0.0921. The highest BCUT2D eigenvalue weighted by atomic mass is 35.5. The van der Waals surface area contributed by atoms with Crippen LogP contribution in [0.2, 0.25) is 0 Å². The lowest BCUT2D eigenvalue weighted by atomic mass is 10.0. The molecule has 0 aliphatic rings. The molecule has 0 aromatic heterocycles. The third-order valence-electron chi connectivity index (χ3n) is 3.02. The Balaban J connectivity index is 2.26. The van der Waals surface area contributed by atoms with Crippen molar-refractivity contribution in [3.8, 4) is 0 Å². The van der Waals surface area contributed by atoms with Gasteiger partial charge in [0.25, 0.3) is 5.91 Å². The van der Waals surface area contributed by atoms with Gasteiger partial charge in [0.1, 0.15) is 0 Å². The molecule has 0 spiro atoms. The molecule has 0 radical (unpaired) electrons. The van der Waals surface area contributed by atoms with Gasteiger partial charge in [0, 0.05) is 17.3 Å². The normalized spacial score (nSPS) is 11.5. The summed E-state index contributed by atoms with van der Waals surface area (Å²) >= 11 is 11.7. The number of amides is 1. The van der Waals surface area contributed by atoms with E-state index in [9.17, 15) is 4.79 Å². The van der Waals surface area contributed by atoms with Crippen molar-refractivity contribution in [3.63, 3.8) is 0 Å². The fraction of sp³-hybridized carbons (Fsp3) is 0.267. The van der Waals surface area contributed by atoms with Gasteiger partial charge in [0.15, 0.2) is 0 Å². The molecule has 0 aliphatic carbocycles. The highest BCUT2D eigenvalue weighted by Gasteiger charge is 2.24. The fourth-order valence-corrected chi connectivity index (χ4v) is 2.20. The standard InChI is InChI=1S/C15H15Cl2NO/c1-15(9-16,10-17)18-14(19)13-7-6-11-4-2-3-5-12(11)8-13/h2-8H,9-10H2,1H3,(H,18,19). The van der Waals surface area contributed by atoms with Crippen LogP contribution in [0.4, 0.5) is 0 Å². The minimum absolute atomic E-state index is 0.158. The highest BCUT2D eigenvalue weighted by Crippen LogP contribution is 2.17. The van der Waals surface area contributed by atoms with E-state index in [1.807, 2.05) is 43.3 Å². The third-order valence-corrected chi connectivity index (χ3v) is 4.20. The molecule has 0 atom stereocenters. The van der Waals surface area contributed by atoms with E-state index in [2.05, 4.69) is 5.32 Å². The van der Waals surface area contributed by atoms with Crippen LogP contribution in [0, 0.1) is 0 Å². The summed E-state index contributed by atoms with van der Waals surface area (Å²) in [5.41, 5.74) is 0.0198. The second kappa shape index (κ2) is 5.81. The van der Waals surface area contributed by atoms with Crippen molar-refractivity contribution in [1.29, 1.82) is 0 Å². The monoisotopic (exact) mass is 295 g/mol. The van der Waals surface area contributed by atoms with Crippen LogP contribution in [-0.2, 0) is 0 Å². The molecule has 1 N–H and O–H groups in total. The van der Waals surface area contributed by atoms with Gasteiger partial charge in [-0.3, -0.25) is 4.79 Å². The lowest BCUT2D eigenvalue weighted by Gasteiger charge is -2.25. The number of benzene rings is 2. The number of carbonyl (C=O) groups is 1. The molecule has 2 rings (SSSR count). The molecule has 0 aliphatic heterocycles. The van der Waals surface area contributed by atoms with Crippen molar-refractivity contribution in [1.82, 2.24) is 5.32 Å². The Morgan fingerprint density at radius 1 is 1.11 bits per heavy atom. The Morgan fingerprint density at radius 2 is 1.74 bits per heavy atom. The summed E-state index contributed by atoms with van der Waals surface area (Å²) in [6.45, 7) is 1.83. The summed E-state index contributed by atoms with van der Waals surface area (Å²) < 4.78 is 0. The van der Waals surface area contributed by atoms with Gasteiger partial charge in [-0.05, 0) is 29.8 Å². The molecule has 0 fully saturated rings. The first-order chi connectivity index (χ1) is 9.08. The van der Waals surface area contributed by atoms with E-state index in [0.717, 1.165) is 10.8 Å². The van der Waals surface area contributed by atoms with Crippen molar-refractivity contribution in [2.24, 2.45) is 0 Å². The topological polar surface area (TPSA) is 29.1 Å². The van der Waals surface area contributed by atoms with Crippen LogP contribution in [0.15, 0.2) is 42.5 Å². The molecular formula is C15H15Cl2NO. The molecular weight excluding hydrogens is 281 g/mol. The van der Waals surface area contributed by atoms with E-state index in [1.165, 1.54) is 0 Å². The molecule has 19 heavy (non-hydrogen) atoms. The molecule has 0 heterocycles. The molecule has 4 heteroatoms. The van der Waals surface area contributed by atoms with E-state index in [0.29, 0.717) is 5.56 Å². The minimum atomic E-state index is -0.591. The molecule has 0 unspecified atom stereocenters. The van der Waals surface area contributed by atoms with E-state index in [-0.39, 0.29) is 17.7 Å². The van der Waals surface area contributed by atoms with Crippen LogP contribution in [-0.4, -0.2) is 23.2 Å². The van der Waals surface area contributed by atoms with Crippen LogP contribution in [0.3, 0.4) is 0 Å². The molecule has 0 bridgehead atoms. The van der Waals surface area contributed by atoms with Gasteiger partial charge in [-0.2, -0.15) is 0 Å². The SMILES string of the molecule is CC(CCl)(CCl)NC(=O)c1ccc2ccccc2c1. The van der Waals surface area contributed by atoms with E-state index < -0.39 is 5.54 Å². The largest absolute Gasteiger partial charge is 0.344 e. The lowest BCUT2D eigenvalue weighted by Crippen LogP contribution is -2.49. The Morgan fingerprint density at radius 3 is 2.37 bits per heavy atom. The summed E-state index contributed by atoms with van der Waals surface area (Å²) in [6.07, 6.45) is 0. The predicted molar refractivity (Wildman–Crippen MR) is 81.3 cm³/mol. The van der Waals surface area contributed by atoms with Gasteiger partial charge in [-0.1, -0.05) is 30.3 Å². The summed E-state index contributed by atoms with van der Waals surface area (Å²) in [5, 5.41) is 5.01. The summed E-state index contributed by atoms with van der Waals surface area (Å²) in [7, 11) is 0. The van der Waals surface area contributed by atoms with E-state index >= 15 is 0 Å². The van der Waals surface area contributed by atoms with Gasteiger partial charge in [0.2, 0.25) is 0 Å². The van der Waals surface area contributed by atoms with Gasteiger partial charge in [-0.15, -0.1) is 23.2 Å². The average Bonchev–Trinajstić information content (AvgIpc) is 2.46. The summed E-state index contributed by atoms with van der Waals surface area (Å²) in [6, 6.07) is 13.5. The van der Waals surface area contributed by atoms with Crippen LogP contribution < -0.4 is 5.32 Å². The van der Waals surface area contributed by atoms with Gasteiger partial charge in [-0.25, -0.2) is 0 Å². The average molecular weight is 296 g/mol. The number of halogens is 2. The van der Waals surface area contributed by atoms with Crippen LogP contribution >= 0.6 is 23.2 Å². The number of carbonyl (C=O) groups excluding carboxylic acids is 1. The van der Waals surface area contributed by atoms with E-state index in [1.54, 1.807) is 6.07 Å². The molecule has 0 saturated carbocycles. The van der Waals surface area contributed by atoms with Crippen molar-refractivity contribution in [2.75, 3.05) is 11.8 Å². The van der Waals surface area contributed by atoms with Gasteiger partial charge >= 0.3 is 0 Å². The van der Waals surface area contributed by atoms with Crippen molar-refractivity contribution < 1.29 is 4.79 Å². The zero-order valence-electron chi connectivity index (χ0n) is 10.6.